The molecule has 21 heavy (non-hydrogen) atoms. The molecule has 0 spiro atoms. The summed E-state index contributed by atoms with van der Waals surface area (Å²) in [5, 5.41) is 3.50. The highest BCUT2D eigenvalue weighted by molar-refractivity contribution is 9.10. The van der Waals surface area contributed by atoms with Crippen LogP contribution in [0.4, 0.5) is 0 Å². The van der Waals surface area contributed by atoms with Gasteiger partial charge in [0, 0.05) is 10.7 Å². The minimum absolute atomic E-state index is 0.0633. The first-order valence-electron chi connectivity index (χ1n) is 7.38. The van der Waals surface area contributed by atoms with Gasteiger partial charge in [0.1, 0.15) is 5.75 Å². The summed E-state index contributed by atoms with van der Waals surface area (Å²) in [6, 6.07) is 12.3. The Labute approximate surface area is 133 Å². The number of hydrogen-bond donors (Lipinski definition) is 1. The molecular weight excluding hydrogens is 328 g/mol. The van der Waals surface area contributed by atoms with Gasteiger partial charge in [0.05, 0.1) is 17.8 Å². The van der Waals surface area contributed by atoms with E-state index >= 15 is 0 Å². The Morgan fingerprint density at radius 1 is 1.33 bits per heavy atom. The van der Waals surface area contributed by atoms with Crippen molar-refractivity contribution in [3.8, 4) is 5.75 Å². The smallest absolute Gasteiger partial charge is 0.120 e. The van der Waals surface area contributed by atoms with Gasteiger partial charge in [-0.1, -0.05) is 19.1 Å². The number of halogens is 1. The number of ether oxygens (including phenoxy) is 1. The molecule has 1 unspecified atom stereocenters. The molecule has 1 aliphatic rings. The molecule has 0 bridgehead atoms. The highest BCUT2D eigenvalue weighted by Gasteiger charge is 2.24. The molecule has 1 aromatic carbocycles. The fourth-order valence-corrected chi connectivity index (χ4v) is 2.82. The second-order valence-corrected chi connectivity index (χ2v) is 6.11. The number of nitrogens with zero attached hydrogens (tertiary/aromatic N) is 1. The molecule has 1 fully saturated rings. The van der Waals surface area contributed by atoms with Crippen LogP contribution in [0.5, 0.6) is 5.75 Å². The van der Waals surface area contributed by atoms with Crippen LogP contribution >= 0.6 is 15.9 Å². The van der Waals surface area contributed by atoms with E-state index in [4.69, 9.17) is 4.74 Å². The third-order valence-electron chi connectivity index (χ3n) is 3.49. The van der Waals surface area contributed by atoms with E-state index in [2.05, 4.69) is 45.3 Å². The first kappa shape index (κ1) is 14.5. The van der Waals surface area contributed by atoms with E-state index in [1.807, 2.05) is 30.5 Å². The molecule has 1 saturated carbocycles. The van der Waals surface area contributed by atoms with Crippen molar-refractivity contribution in [3.63, 3.8) is 0 Å². The Morgan fingerprint density at radius 3 is 2.90 bits per heavy atom. The highest BCUT2D eigenvalue weighted by atomic mass is 79.9. The van der Waals surface area contributed by atoms with E-state index < -0.39 is 0 Å². The van der Waals surface area contributed by atoms with Gasteiger partial charge in [-0.25, -0.2) is 0 Å². The molecular formula is C17H19BrN2O. The average Bonchev–Trinajstić information content (AvgIpc) is 3.30. The number of hydrogen-bond acceptors (Lipinski definition) is 3. The molecule has 3 nitrogen and oxygen atoms in total. The van der Waals surface area contributed by atoms with Crippen LogP contribution < -0.4 is 10.1 Å². The summed E-state index contributed by atoms with van der Waals surface area (Å²) in [6.45, 7) is 2.98. The Hall–Kier alpha value is -1.39. The first-order valence-corrected chi connectivity index (χ1v) is 8.17. The molecule has 4 heteroatoms. The van der Waals surface area contributed by atoms with Crippen molar-refractivity contribution in [2.24, 2.45) is 0 Å². The second kappa shape index (κ2) is 6.58. The molecule has 1 N–H and O–H groups in total. The van der Waals surface area contributed by atoms with Crippen molar-refractivity contribution < 1.29 is 4.74 Å². The van der Waals surface area contributed by atoms with Gasteiger partial charge in [-0.15, -0.1) is 0 Å². The monoisotopic (exact) mass is 346 g/mol. The molecule has 0 aliphatic heterocycles. The summed E-state index contributed by atoms with van der Waals surface area (Å²) in [6.07, 6.45) is 4.59. The Balaban J connectivity index is 1.91. The van der Waals surface area contributed by atoms with E-state index in [0.29, 0.717) is 6.10 Å². The number of benzene rings is 1. The molecule has 1 aromatic heterocycles. The van der Waals surface area contributed by atoms with Crippen LogP contribution in [0, 0.1) is 0 Å². The van der Waals surface area contributed by atoms with Crippen molar-refractivity contribution in [1.82, 2.24) is 10.3 Å². The summed E-state index contributed by atoms with van der Waals surface area (Å²) in [5.74, 6) is 0.949. The number of pyridine rings is 1. The number of nitrogens with one attached hydrogen (secondary N) is 1. The molecule has 0 amide bonds. The maximum atomic E-state index is 5.90. The molecule has 1 heterocycles. The van der Waals surface area contributed by atoms with Gasteiger partial charge in [-0.3, -0.25) is 4.98 Å². The van der Waals surface area contributed by atoms with E-state index in [9.17, 15) is 0 Å². The van der Waals surface area contributed by atoms with Crippen molar-refractivity contribution in [3.05, 3.63) is 58.3 Å². The summed E-state index contributed by atoms with van der Waals surface area (Å²) in [4.78, 5) is 4.53. The summed E-state index contributed by atoms with van der Waals surface area (Å²) in [5.41, 5.74) is 2.18. The van der Waals surface area contributed by atoms with Crippen LogP contribution in [0.3, 0.4) is 0 Å². The first-order chi connectivity index (χ1) is 10.3. The fraction of sp³-hybridized carbons (Fsp3) is 0.353. The SMILES string of the molecule is CCNC(c1cccc(OC2CC2)c1)c1ncccc1Br. The standard InChI is InChI=1S/C17H19BrN2O/c1-2-19-16(17-15(18)7-4-10-20-17)12-5-3-6-14(11-12)21-13-8-9-13/h3-7,10-11,13,16,19H,2,8-9H2,1H3. The summed E-state index contributed by atoms with van der Waals surface area (Å²) >= 11 is 3.60. The van der Waals surface area contributed by atoms with Crippen LogP contribution in [0.15, 0.2) is 47.1 Å². The third kappa shape index (κ3) is 3.63. The summed E-state index contributed by atoms with van der Waals surface area (Å²) in [7, 11) is 0. The second-order valence-electron chi connectivity index (χ2n) is 5.25. The molecule has 1 aliphatic carbocycles. The lowest BCUT2D eigenvalue weighted by molar-refractivity contribution is 0.302. The molecule has 0 saturated heterocycles. The maximum Gasteiger partial charge on any atom is 0.120 e. The van der Waals surface area contributed by atoms with Crippen molar-refractivity contribution in [1.29, 1.82) is 0 Å². The third-order valence-corrected chi connectivity index (χ3v) is 4.16. The van der Waals surface area contributed by atoms with Gasteiger partial charge in [0.25, 0.3) is 0 Å². The quantitative estimate of drug-likeness (QED) is 0.855. The zero-order valence-electron chi connectivity index (χ0n) is 12.1. The Bertz CT molecular complexity index is 613. The summed E-state index contributed by atoms with van der Waals surface area (Å²) < 4.78 is 6.92. The lowest BCUT2D eigenvalue weighted by atomic mass is 10.0. The fourth-order valence-electron chi connectivity index (χ4n) is 2.33. The van der Waals surface area contributed by atoms with E-state index in [-0.39, 0.29) is 6.04 Å². The highest BCUT2D eigenvalue weighted by Crippen LogP contribution is 2.31. The van der Waals surface area contributed by atoms with Gasteiger partial charge in [0.2, 0.25) is 0 Å². The maximum absolute atomic E-state index is 5.90. The minimum atomic E-state index is 0.0633. The van der Waals surface area contributed by atoms with Crippen molar-refractivity contribution >= 4 is 15.9 Å². The van der Waals surface area contributed by atoms with Crippen LogP contribution in [-0.4, -0.2) is 17.6 Å². The lowest BCUT2D eigenvalue weighted by Gasteiger charge is -2.20. The van der Waals surface area contributed by atoms with Gasteiger partial charge >= 0.3 is 0 Å². The molecule has 3 rings (SSSR count). The van der Waals surface area contributed by atoms with Crippen molar-refractivity contribution in [2.45, 2.75) is 31.9 Å². The predicted octanol–water partition coefficient (Wildman–Crippen LogP) is 4.08. The zero-order chi connectivity index (χ0) is 14.7. The molecule has 1 atom stereocenters. The zero-order valence-corrected chi connectivity index (χ0v) is 13.6. The molecule has 110 valence electrons. The van der Waals surface area contributed by atoms with Gasteiger partial charge in [0.15, 0.2) is 0 Å². The van der Waals surface area contributed by atoms with Crippen LogP contribution in [0.25, 0.3) is 0 Å². The van der Waals surface area contributed by atoms with Crippen LogP contribution in [0.2, 0.25) is 0 Å². The van der Waals surface area contributed by atoms with Crippen molar-refractivity contribution in [2.75, 3.05) is 6.54 Å². The van der Waals surface area contributed by atoms with Gasteiger partial charge in [-0.2, -0.15) is 0 Å². The number of rotatable bonds is 6. The largest absolute Gasteiger partial charge is 0.490 e. The molecule has 2 aromatic rings. The topological polar surface area (TPSA) is 34.1 Å². The van der Waals surface area contributed by atoms with E-state index in [0.717, 1.165) is 22.5 Å². The van der Waals surface area contributed by atoms with Crippen LogP contribution in [0.1, 0.15) is 37.1 Å². The van der Waals surface area contributed by atoms with Gasteiger partial charge < -0.3 is 10.1 Å². The Kier molecular flexibility index (Phi) is 4.56. The lowest BCUT2D eigenvalue weighted by Crippen LogP contribution is -2.23. The normalized spacial score (nSPS) is 15.7. The number of aromatic nitrogens is 1. The predicted molar refractivity (Wildman–Crippen MR) is 87.5 cm³/mol. The van der Waals surface area contributed by atoms with Gasteiger partial charge in [-0.05, 0) is 65.1 Å². The molecule has 0 radical (unpaired) electrons. The minimum Gasteiger partial charge on any atom is -0.490 e. The average molecular weight is 347 g/mol. The Morgan fingerprint density at radius 2 is 2.19 bits per heavy atom. The van der Waals surface area contributed by atoms with Crippen LogP contribution in [-0.2, 0) is 0 Å². The van der Waals surface area contributed by atoms with E-state index in [1.165, 1.54) is 18.4 Å². The van der Waals surface area contributed by atoms with E-state index in [1.54, 1.807) is 0 Å².